The molecule has 0 saturated heterocycles. The van der Waals surface area contributed by atoms with Crippen LogP contribution in [-0.4, -0.2) is 17.4 Å². The molecule has 0 aliphatic carbocycles. The molecule has 2 nitrogen and oxygen atoms in total. The van der Waals surface area contributed by atoms with E-state index < -0.39 is 11.9 Å². The topological polar surface area (TPSA) is 24.9 Å². The lowest BCUT2D eigenvalue weighted by Crippen LogP contribution is -2.09. The Labute approximate surface area is 84.1 Å². The van der Waals surface area contributed by atoms with Gasteiger partial charge in [0.2, 0.25) is 0 Å². The van der Waals surface area contributed by atoms with E-state index in [1.165, 1.54) is 6.07 Å². The van der Waals surface area contributed by atoms with E-state index in [2.05, 4.69) is 10.3 Å². The molecule has 0 atom stereocenters. The van der Waals surface area contributed by atoms with Crippen molar-refractivity contribution < 1.29 is 13.2 Å². The second-order valence-electron chi connectivity index (χ2n) is 2.54. The van der Waals surface area contributed by atoms with Gasteiger partial charge in [-0.15, -0.1) is 11.6 Å². The Morgan fingerprint density at radius 1 is 1.43 bits per heavy atom. The molecule has 1 aromatic rings. The predicted octanol–water partition coefficient (Wildman–Crippen LogP) is 2.75. The second-order valence-corrected chi connectivity index (χ2v) is 2.92. The Hall–Kier alpha value is -0.970. The fourth-order valence-electron chi connectivity index (χ4n) is 0.887. The van der Waals surface area contributed by atoms with Crippen molar-refractivity contribution in [3.8, 4) is 0 Å². The molecule has 78 valence electrons. The van der Waals surface area contributed by atoms with Gasteiger partial charge in [0.1, 0.15) is 5.69 Å². The molecular weight excluding hydrogens is 217 g/mol. The van der Waals surface area contributed by atoms with Gasteiger partial charge in [-0.2, -0.15) is 13.2 Å². The molecule has 1 rings (SSSR count). The minimum absolute atomic E-state index is 0.337. The van der Waals surface area contributed by atoms with Gasteiger partial charge < -0.3 is 5.32 Å². The second kappa shape index (κ2) is 4.50. The van der Waals surface area contributed by atoms with E-state index >= 15 is 0 Å². The molecule has 0 fully saturated rings. The minimum Gasteiger partial charge on any atom is -0.384 e. The summed E-state index contributed by atoms with van der Waals surface area (Å²) in [6, 6.07) is 2.41. The maximum absolute atomic E-state index is 12.2. The van der Waals surface area contributed by atoms with E-state index in [0.717, 1.165) is 12.3 Å². The first-order valence-corrected chi connectivity index (χ1v) is 4.40. The first-order valence-electron chi connectivity index (χ1n) is 3.87. The van der Waals surface area contributed by atoms with Crippen molar-refractivity contribution in [3.63, 3.8) is 0 Å². The van der Waals surface area contributed by atoms with Crippen LogP contribution in [0.1, 0.15) is 5.69 Å². The lowest BCUT2D eigenvalue weighted by atomic mass is 10.3. The van der Waals surface area contributed by atoms with Crippen LogP contribution in [0.4, 0.5) is 18.9 Å². The van der Waals surface area contributed by atoms with Gasteiger partial charge in [0.05, 0.1) is 0 Å². The molecule has 0 aliphatic heterocycles. The van der Waals surface area contributed by atoms with Crippen LogP contribution in [0.3, 0.4) is 0 Å². The Morgan fingerprint density at radius 3 is 2.71 bits per heavy atom. The Bertz CT molecular complexity index is 301. The number of nitrogens with zero attached hydrogens (tertiary/aromatic N) is 1. The van der Waals surface area contributed by atoms with Crippen molar-refractivity contribution in [1.29, 1.82) is 0 Å². The summed E-state index contributed by atoms with van der Waals surface area (Å²) in [6.07, 6.45) is -3.29. The molecular formula is C8H8ClF3N2. The SMILES string of the molecule is FC(F)(F)c1cc(NCCCl)ccn1. The summed E-state index contributed by atoms with van der Waals surface area (Å²) in [7, 11) is 0. The number of hydrogen-bond donors (Lipinski definition) is 1. The molecule has 0 spiro atoms. The van der Waals surface area contributed by atoms with E-state index in [9.17, 15) is 13.2 Å². The standard InChI is InChI=1S/C8H8ClF3N2/c9-2-4-13-6-1-3-14-7(5-6)8(10,11)12/h1,3,5H,2,4H2,(H,13,14). The first-order chi connectivity index (χ1) is 6.54. The molecule has 0 bridgehead atoms. The van der Waals surface area contributed by atoms with Crippen molar-refractivity contribution >= 4 is 17.3 Å². The van der Waals surface area contributed by atoms with Gasteiger partial charge in [-0.3, -0.25) is 4.98 Å². The minimum atomic E-state index is -4.40. The lowest BCUT2D eigenvalue weighted by molar-refractivity contribution is -0.141. The third kappa shape index (κ3) is 3.06. The fraction of sp³-hybridized carbons (Fsp3) is 0.375. The highest BCUT2D eigenvalue weighted by Crippen LogP contribution is 2.28. The molecule has 0 radical (unpaired) electrons. The van der Waals surface area contributed by atoms with Crippen LogP contribution < -0.4 is 5.32 Å². The highest BCUT2D eigenvalue weighted by Gasteiger charge is 2.32. The molecule has 0 aromatic carbocycles. The summed E-state index contributed by atoms with van der Waals surface area (Å²) in [5.74, 6) is 0.337. The smallest absolute Gasteiger partial charge is 0.384 e. The number of pyridine rings is 1. The van der Waals surface area contributed by atoms with E-state index in [-0.39, 0.29) is 0 Å². The third-order valence-corrected chi connectivity index (χ3v) is 1.66. The number of aromatic nitrogens is 1. The monoisotopic (exact) mass is 224 g/mol. The zero-order valence-electron chi connectivity index (χ0n) is 7.11. The highest BCUT2D eigenvalue weighted by molar-refractivity contribution is 6.18. The molecule has 0 aliphatic rings. The van der Waals surface area contributed by atoms with Crippen molar-refractivity contribution in [2.75, 3.05) is 17.7 Å². The zero-order chi connectivity index (χ0) is 10.6. The lowest BCUT2D eigenvalue weighted by Gasteiger charge is -2.08. The van der Waals surface area contributed by atoms with Gasteiger partial charge in [0.15, 0.2) is 0 Å². The molecule has 1 heterocycles. The molecule has 14 heavy (non-hydrogen) atoms. The van der Waals surface area contributed by atoms with Crippen LogP contribution in [0.2, 0.25) is 0 Å². The van der Waals surface area contributed by atoms with Gasteiger partial charge in [0.25, 0.3) is 0 Å². The number of rotatable bonds is 3. The van der Waals surface area contributed by atoms with Crippen molar-refractivity contribution in [3.05, 3.63) is 24.0 Å². The first kappa shape index (κ1) is 11.1. The molecule has 0 amide bonds. The molecule has 6 heteroatoms. The van der Waals surface area contributed by atoms with Gasteiger partial charge >= 0.3 is 6.18 Å². The Morgan fingerprint density at radius 2 is 2.14 bits per heavy atom. The van der Waals surface area contributed by atoms with Gasteiger partial charge in [0, 0.05) is 24.3 Å². The number of anilines is 1. The van der Waals surface area contributed by atoms with Crippen LogP contribution >= 0.6 is 11.6 Å². The van der Waals surface area contributed by atoms with Crippen molar-refractivity contribution in [1.82, 2.24) is 4.98 Å². The molecule has 1 aromatic heterocycles. The zero-order valence-corrected chi connectivity index (χ0v) is 7.86. The molecule has 0 unspecified atom stereocenters. The Balaban J connectivity index is 2.79. The maximum atomic E-state index is 12.2. The summed E-state index contributed by atoms with van der Waals surface area (Å²) < 4.78 is 36.5. The van der Waals surface area contributed by atoms with Crippen LogP contribution in [0.25, 0.3) is 0 Å². The van der Waals surface area contributed by atoms with E-state index in [1.54, 1.807) is 0 Å². The van der Waals surface area contributed by atoms with Crippen LogP contribution in [-0.2, 0) is 6.18 Å². The quantitative estimate of drug-likeness (QED) is 0.799. The van der Waals surface area contributed by atoms with Gasteiger partial charge in [-0.25, -0.2) is 0 Å². The van der Waals surface area contributed by atoms with Gasteiger partial charge in [-0.1, -0.05) is 0 Å². The van der Waals surface area contributed by atoms with Crippen LogP contribution in [0, 0.1) is 0 Å². The summed E-state index contributed by atoms with van der Waals surface area (Å²) in [5.41, 5.74) is -0.537. The van der Waals surface area contributed by atoms with Crippen LogP contribution in [0.15, 0.2) is 18.3 Å². The average molecular weight is 225 g/mol. The predicted molar refractivity (Wildman–Crippen MR) is 48.4 cm³/mol. The number of alkyl halides is 4. The summed E-state index contributed by atoms with van der Waals surface area (Å²) >= 11 is 5.38. The summed E-state index contributed by atoms with van der Waals surface area (Å²) in [5, 5.41) is 2.73. The van der Waals surface area contributed by atoms with Crippen LogP contribution in [0.5, 0.6) is 0 Å². The van der Waals surface area contributed by atoms with Crippen molar-refractivity contribution in [2.24, 2.45) is 0 Å². The molecule has 1 N–H and O–H groups in total. The molecule has 0 saturated carbocycles. The third-order valence-electron chi connectivity index (χ3n) is 1.47. The highest BCUT2D eigenvalue weighted by atomic mass is 35.5. The average Bonchev–Trinajstić information content (AvgIpc) is 2.14. The fourth-order valence-corrected chi connectivity index (χ4v) is 0.982. The summed E-state index contributed by atoms with van der Waals surface area (Å²) in [6.45, 7) is 0.420. The van der Waals surface area contributed by atoms with E-state index in [1.807, 2.05) is 0 Å². The number of halogens is 4. The normalized spacial score (nSPS) is 11.4. The van der Waals surface area contributed by atoms with Gasteiger partial charge in [-0.05, 0) is 12.1 Å². The number of hydrogen-bond acceptors (Lipinski definition) is 2. The van der Waals surface area contributed by atoms with E-state index in [4.69, 9.17) is 11.6 Å². The largest absolute Gasteiger partial charge is 0.433 e. The van der Waals surface area contributed by atoms with E-state index in [0.29, 0.717) is 18.1 Å². The Kier molecular flexibility index (Phi) is 3.57. The summed E-state index contributed by atoms with van der Waals surface area (Å²) in [4.78, 5) is 3.22. The maximum Gasteiger partial charge on any atom is 0.433 e. The number of nitrogens with one attached hydrogen (secondary N) is 1. The van der Waals surface area contributed by atoms with Crippen molar-refractivity contribution in [2.45, 2.75) is 6.18 Å².